The number of nitrogens with zero attached hydrogens (tertiary/aromatic N) is 4. The zero-order valence-corrected chi connectivity index (χ0v) is 12.8. The van der Waals surface area contributed by atoms with Crippen molar-refractivity contribution in [2.75, 3.05) is 13.1 Å². The van der Waals surface area contributed by atoms with Crippen molar-refractivity contribution in [1.82, 2.24) is 19.9 Å². The number of aromatic nitrogens is 3. The molecule has 0 aliphatic carbocycles. The molecule has 2 aromatic rings. The van der Waals surface area contributed by atoms with E-state index in [0.29, 0.717) is 19.5 Å². The third-order valence-electron chi connectivity index (χ3n) is 4.21. The van der Waals surface area contributed by atoms with Crippen molar-refractivity contribution in [1.29, 1.82) is 0 Å². The van der Waals surface area contributed by atoms with Crippen molar-refractivity contribution in [3.63, 3.8) is 0 Å². The van der Waals surface area contributed by atoms with E-state index >= 15 is 0 Å². The van der Waals surface area contributed by atoms with Gasteiger partial charge in [-0.25, -0.2) is 0 Å². The van der Waals surface area contributed by atoms with Crippen molar-refractivity contribution in [2.45, 2.75) is 13.3 Å². The summed E-state index contributed by atoms with van der Waals surface area (Å²) in [5.74, 6) is -1.46. The first kappa shape index (κ1) is 15.2. The second-order valence-electron chi connectivity index (χ2n) is 5.82. The zero-order valence-electron chi connectivity index (χ0n) is 12.8. The summed E-state index contributed by atoms with van der Waals surface area (Å²) >= 11 is 0. The molecule has 1 saturated heterocycles. The maximum Gasteiger partial charge on any atom is 0.306 e. The highest BCUT2D eigenvalue weighted by Gasteiger charge is 2.33. The first-order valence-electron chi connectivity index (χ1n) is 7.56. The number of aliphatic carboxylic acids is 1. The van der Waals surface area contributed by atoms with E-state index in [1.165, 1.54) is 11.0 Å². The number of hydrogen-bond donors (Lipinski definition) is 1. The number of carbonyl (C=O) groups is 2. The van der Waals surface area contributed by atoms with Gasteiger partial charge in [-0.15, -0.1) is 5.10 Å². The maximum absolute atomic E-state index is 12.5. The first-order valence-corrected chi connectivity index (χ1v) is 7.56. The lowest BCUT2D eigenvalue weighted by Gasteiger charge is -2.34. The van der Waals surface area contributed by atoms with Crippen LogP contribution in [0, 0.1) is 11.8 Å². The molecule has 1 fully saturated rings. The number of carbonyl (C=O) groups excluding carboxylic acids is 1. The Balaban J connectivity index is 1.72. The van der Waals surface area contributed by atoms with E-state index < -0.39 is 5.97 Å². The van der Waals surface area contributed by atoms with Crippen LogP contribution in [0.15, 0.2) is 36.5 Å². The minimum Gasteiger partial charge on any atom is -0.481 e. The summed E-state index contributed by atoms with van der Waals surface area (Å²) in [5, 5.41) is 17.5. The SMILES string of the molecule is CC1CN(C(=O)c2cnn(-c3ccccc3)n2)CCC1C(=O)O. The molecule has 1 aliphatic rings. The topological polar surface area (TPSA) is 88.3 Å². The van der Waals surface area contributed by atoms with Crippen LogP contribution in [-0.4, -0.2) is 50.0 Å². The van der Waals surface area contributed by atoms with Gasteiger partial charge in [0.25, 0.3) is 5.91 Å². The fourth-order valence-electron chi connectivity index (χ4n) is 2.91. The van der Waals surface area contributed by atoms with Gasteiger partial charge in [-0.2, -0.15) is 9.90 Å². The van der Waals surface area contributed by atoms with Crippen molar-refractivity contribution in [2.24, 2.45) is 11.8 Å². The van der Waals surface area contributed by atoms with Crippen LogP contribution in [0.1, 0.15) is 23.8 Å². The number of benzene rings is 1. The highest BCUT2D eigenvalue weighted by Crippen LogP contribution is 2.24. The molecule has 0 bridgehead atoms. The molecule has 0 radical (unpaired) electrons. The summed E-state index contributed by atoms with van der Waals surface area (Å²) in [6.45, 7) is 2.71. The Hall–Kier alpha value is -2.70. The van der Waals surface area contributed by atoms with Crippen LogP contribution in [0.5, 0.6) is 0 Å². The fraction of sp³-hybridized carbons (Fsp3) is 0.375. The molecule has 3 rings (SSSR count). The lowest BCUT2D eigenvalue weighted by molar-refractivity contribution is -0.145. The molecule has 2 heterocycles. The average Bonchev–Trinajstić information content (AvgIpc) is 3.04. The second kappa shape index (κ2) is 6.20. The van der Waals surface area contributed by atoms with E-state index in [1.54, 1.807) is 4.90 Å². The van der Waals surface area contributed by atoms with E-state index in [9.17, 15) is 9.59 Å². The van der Waals surface area contributed by atoms with Gasteiger partial charge in [0.15, 0.2) is 5.69 Å². The van der Waals surface area contributed by atoms with E-state index in [2.05, 4.69) is 10.2 Å². The molecule has 7 heteroatoms. The van der Waals surface area contributed by atoms with Crippen LogP contribution >= 0.6 is 0 Å². The Morgan fingerprint density at radius 3 is 2.65 bits per heavy atom. The van der Waals surface area contributed by atoms with Crippen molar-refractivity contribution < 1.29 is 14.7 Å². The van der Waals surface area contributed by atoms with Gasteiger partial charge >= 0.3 is 5.97 Å². The Morgan fingerprint density at radius 1 is 1.26 bits per heavy atom. The summed E-state index contributed by atoms with van der Waals surface area (Å²) in [4.78, 5) is 26.7. The highest BCUT2D eigenvalue weighted by molar-refractivity contribution is 5.92. The molecule has 1 aliphatic heterocycles. The monoisotopic (exact) mass is 314 g/mol. The van der Waals surface area contributed by atoms with Gasteiger partial charge in [-0.3, -0.25) is 9.59 Å². The number of amides is 1. The number of carboxylic acids is 1. The molecule has 1 N–H and O–H groups in total. The predicted octanol–water partition coefficient (Wildman–Crippen LogP) is 1.45. The van der Waals surface area contributed by atoms with Gasteiger partial charge < -0.3 is 10.0 Å². The molecule has 0 spiro atoms. The molecule has 2 atom stereocenters. The van der Waals surface area contributed by atoms with E-state index in [4.69, 9.17) is 5.11 Å². The number of piperidine rings is 1. The molecule has 1 aromatic heterocycles. The Morgan fingerprint density at radius 2 is 2.00 bits per heavy atom. The Labute approximate surface area is 133 Å². The van der Waals surface area contributed by atoms with E-state index in [-0.39, 0.29) is 23.4 Å². The minimum absolute atomic E-state index is 0.0747. The number of hydrogen-bond acceptors (Lipinski definition) is 4. The number of carboxylic acid groups (broad SMARTS) is 1. The van der Waals surface area contributed by atoms with Crippen molar-refractivity contribution in [3.05, 3.63) is 42.2 Å². The van der Waals surface area contributed by atoms with Crippen LogP contribution in [0.2, 0.25) is 0 Å². The predicted molar refractivity (Wildman–Crippen MR) is 82.2 cm³/mol. The first-order chi connectivity index (χ1) is 11.1. The van der Waals surface area contributed by atoms with Gasteiger partial charge in [-0.1, -0.05) is 25.1 Å². The summed E-state index contributed by atoms with van der Waals surface area (Å²) in [6.07, 6.45) is 1.92. The van der Waals surface area contributed by atoms with Crippen LogP contribution in [0.25, 0.3) is 5.69 Å². The van der Waals surface area contributed by atoms with E-state index in [0.717, 1.165) is 5.69 Å². The summed E-state index contributed by atoms with van der Waals surface area (Å²) in [6, 6.07) is 9.35. The molecule has 1 amide bonds. The molecule has 120 valence electrons. The molecule has 0 saturated carbocycles. The molecule has 7 nitrogen and oxygen atoms in total. The Kier molecular flexibility index (Phi) is 4.10. The third kappa shape index (κ3) is 3.08. The van der Waals surface area contributed by atoms with Crippen molar-refractivity contribution >= 4 is 11.9 Å². The number of para-hydroxylation sites is 1. The minimum atomic E-state index is -0.792. The fourth-order valence-corrected chi connectivity index (χ4v) is 2.91. The van der Waals surface area contributed by atoms with Crippen LogP contribution in [0.4, 0.5) is 0 Å². The Bertz CT molecular complexity index is 713. The normalized spacial score (nSPS) is 21.2. The largest absolute Gasteiger partial charge is 0.481 e. The smallest absolute Gasteiger partial charge is 0.306 e. The highest BCUT2D eigenvalue weighted by atomic mass is 16.4. The standard InChI is InChI=1S/C16H18N4O3/c1-11-10-19(8-7-13(11)16(22)23)15(21)14-9-17-20(18-14)12-5-3-2-4-6-12/h2-6,9,11,13H,7-8,10H2,1H3,(H,22,23). The molecular formula is C16H18N4O3. The summed E-state index contributed by atoms with van der Waals surface area (Å²) in [7, 11) is 0. The van der Waals surface area contributed by atoms with Crippen LogP contribution in [0.3, 0.4) is 0 Å². The number of likely N-dealkylation sites (tertiary alicyclic amines) is 1. The molecule has 1 aromatic carbocycles. The summed E-state index contributed by atoms with van der Waals surface area (Å²) in [5.41, 5.74) is 1.05. The number of rotatable bonds is 3. The summed E-state index contributed by atoms with van der Waals surface area (Å²) < 4.78 is 0. The molecule has 2 unspecified atom stereocenters. The van der Waals surface area contributed by atoms with Crippen LogP contribution in [-0.2, 0) is 4.79 Å². The maximum atomic E-state index is 12.5. The van der Waals surface area contributed by atoms with Gasteiger partial charge in [0.05, 0.1) is 17.8 Å². The average molecular weight is 314 g/mol. The third-order valence-corrected chi connectivity index (χ3v) is 4.21. The quantitative estimate of drug-likeness (QED) is 0.926. The van der Waals surface area contributed by atoms with Gasteiger partial charge in [0.1, 0.15) is 0 Å². The van der Waals surface area contributed by atoms with Crippen molar-refractivity contribution in [3.8, 4) is 5.69 Å². The molecular weight excluding hydrogens is 296 g/mol. The van der Waals surface area contributed by atoms with Gasteiger partial charge in [0, 0.05) is 13.1 Å². The molecule has 23 heavy (non-hydrogen) atoms. The van der Waals surface area contributed by atoms with Crippen LogP contribution < -0.4 is 0 Å². The second-order valence-corrected chi connectivity index (χ2v) is 5.82. The lowest BCUT2D eigenvalue weighted by Crippen LogP contribution is -2.45. The van der Waals surface area contributed by atoms with Gasteiger partial charge in [-0.05, 0) is 24.5 Å². The zero-order chi connectivity index (χ0) is 16.4. The van der Waals surface area contributed by atoms with Gasteiger partial charge in [0.2, 0.25) is 0 Å². The lowest BCUT2D eigenvalue weighted by atomic mass is 9.87. The van der Waals surface area contributed by atoms with E-state index in [1.807, 2.05) is 37.3 Å².